The monoisotopic (exact) mass is 762 g/mol. The summed E-state index contributed by atoms with van der Waals surface area (Å²) < 4.78 is 77.2. The van der Waals surface area contributed by atoms with E-state index in [1.54, 1.807) is 9.80 Å². The highest BCUT2D eigenvalue weighted by Crippen LogP contribution is 2.40. The Labute approximate surface area is 305 Å². The zero-order chi connectivity index (χ0) is 37.0. The lowest BCUT2D eigenvalue weighted by atomic mass is 9.99. The van der Waals surface area contributed by atoms with Gasteiger partial charge in [0, 0.05) is 45.0 Å². The number of sulfonamides is 2. The third-order valence-electron chi connectivity index (χ3n) is 11.1. The number of nitrogens with zero attached hydrogens (tertiary/aromatic N) is 3. The zero-order valence-electron chi connectivity index (χ0n) is 29.4. The Kier molecular flexibility index (Phi) is 12.1. The molecule has 0 unspecified atom stereocenters. The summed E-state index contributed by atoms with van der Waals surface area (Å²) in [5.41, 5.74) is 11.2. The molecule has 2 saturated heterocycles. The summed E-state index contributed by atoms with van der Waals surface area (Å²) in [6.07, 6.45) is 14.8. The first-order valence-corrected chi connectivity index (χ1v) is 21.4. The van der Waals surface area contributed by atoms with Crippen LogP contribution in [0, 0.1) is 11.5 Å². The Morgan fingerprint density at radius 3 is 1.60 bits per heavy atom. The van der Waals surface area contributed by atoms with Crippen LogP contribution in [0.15, 0.2) is 12.1 Å². The Bertz CT molecular complexity index is 1860. The smallest absolute Gasteiger partial charge is 0.332 e. The molecule has 2 heterocycles. The highest BCUT2D eigenvalue weighted by atomic mass is 32.2. The number of hydrogen-bond donors (Lipinski definition) is 3. The second-order valence-corrected chi connectivity index (χ2v) is 18.3. The Morgan fingerprint density at radius 1 is 0.750 bits per heavy atom. The maximum atomic E-state index is 12.4. The number of likely N-dealkylation sites (tertiary alicyclic amines) is 2. The number of nitrogens with one attached hydrogen (secondary N) is 2. The Balaban J connectivity index is 0.000000150. The number of anilines is 1. The van der Waals surface area contributed by atoms with Gasteiger partial charge in [-0.3, -0.25) is 9.80 Å². The molecule has 0 bridgehead atoms. The average Bonchev–Trinajstić information content (AvgIpc) is 3.87. The molecule has 2 aromatic carbocycles. The molecule has 2 amide bonds. The topological polar surface area (TPSA) is 175 Å². The van der Waals surface area contributed by atoms with Gasteiger partial charge in [0.25, 0.3) is 6.26 Å². The maximum Gasteiger partial charge on any atom is 0.332 e. The van der Waals surface area contributed by atoms with Crippen molar-refractivity contribution in [2.45, 2.75) is 87.5 Å². The minimum atomic E-state index is -3.75. The molecule has 0 atom stereocenters. The van der Waals surface area contributed by atoms with E-state index in [0.29, 0.717) is 19.6 Å². The Morgan fingerprint density at radius 2 is 1.17 bits per heavy atom. The number of alkyl halides is 2. The molecule has 12 nitrogen and oxygen atoms in total. The first-order chi connectivity index (χ1) is 24.9. The number of ether oxygens (including phenoxy) is 1. The molecule has 0 spiro atoms. The van der Waals surface area contributed by atoms with Gasteiger partial charge in [-0.1, -0.05) is 12.1 Å². The predicted octanol–water partition coefficient (Wildman–Crippen LogP) is 3.22. The molecule has 8 rings (SSSR count). The fourth-order valence-electron chi connectivity index (χ4n) is 8.30. The summed E-state index contributed by atoms with van der Waals surface area (Å²) in [5, 5.41) is 15.3. The third kappa shape index (κ3) is 8.54. The number of amides is 2. The highest BCUT2D eigenvalue weighted by Gasteiger charge is 2.38. The van der Waals surface area contributed by atoms with E-state index in [1.807, 2.05) is 6.26 Å². The van der Waals surface area contributed by atoms with E-state index in [4.69, 9.17) is 15.1 Å². The van der Waals surface area contributed by atoms with E-state index in [-0.39, 0.29) is 19.6 Å². The van der Waals surface area contributed by atoms with Crippen LogP contribution in [-0.2, 0) is 71.4 Å². The molecular formula is C36H48F2N6O6S2. The lowest BCUT2D eigenvalue weighted by molar-refractivity contribution is 0.170. The fraction of sp³-hybridized carbons (Fsp3) is 0.611. The lowest BCUT2D eigenvalue weighted by Gasteiger charge is -2.37. The van der Waals surface area contributed by atoms with Crippen LogP contribution in [0.4, 0.5) is 19.3 Å². The second-order valence-electron chi connectivity index (χ2n) is 14.4. The minimum Gasteiger partial charge on any atom is -0.387 e. The molecule has 2 aromatic rings. The largest absolute Gasteiger partial charge is 0.387 e. The van der Waals surface area contributed by atoms with Crippen LogP contribution in [-0.4, -0.2) is 95.8 Å². The van der Waals surface area contributed by atoms with E-state index < -0.39 is 49.9 Å². The van der Waals surface area contributed by atoms with E-state index in [0.717, 1.165) is 86.8 Å². The molecule has 6 aliphatic rings. The van der Waals surface area contributed by atoms with Crippen LogP contribution < -0.4 is 19.9 Å². The van der Waals surface area contributed by atoms with Crippen molar-refractivity contribution in [2.75, 3.05) is 57.9 Å². The van der Waals surface area contributed by atoms with Crippen molar-refractivity contribution in [3.05, 3.63) is 56.6 Å². The van der Waals surface area contributed by atoms with E-state index >= 15 is 0 Å². The zero-order valence-corrected chi connectivity index (χ0v) is 31.0. The van der Waals surface area contributed by atoms with Crippen LogP contribution in [0.1, 0.15) is 70.2 Å². The molecular weight excluding hydrogens is 715 g/mol. The second kappa shape index (κ2) is 16.3. The van der Waals surface area contributed by atoms with Crippen molar-refractivity contribution in [3.8, 4) is 12.0 Å². The third-order valence-corrected chi connectivity index (χ3v) is 13.9. The van der Waals surface area contributed by atoms with Gasteiger partial charge in [0.15, 0.2) is 0 Å². The molecule has 0 saturated carbocycles. The molecule has 4 N–H and O–H groups in total. The van der Waals surface area contributed by atoms with Crippen LogP contribution in [0.25, 0.3) is 0 Å². The van der Waals surface area contributed by atoms with Gasteiger partial charge in [-0.25, -0.2) is 40.3 Å². The highest BCUT2D eigenvalue weighted by molar-refractivity contribution is 7.90. The summed E-state index contributed by atoms with van der Waals surface area (Å²) in [4.78, 5) is 15.8. The lowest BCUT2D eigenvalue weighted by Crippen LogP contribution is -2.58. The molecule has 0 radical (unpaired) electrons. The summed E-state index contributed by atoms with van der Waals surface area (Å²) in [6, 6.07) is 3.91. The van der Waals surface area contributed by atoms with Gasteiger partial charge in [0.05, 0.1) is 0 Å². The number of benzene rings is 2. The van der Waals surface area contributed by atoms with Gasteiger partial charge in [-0.2, -0.15) is 0 Å². The van der Waals surface area contributed by atoms with Crippen molar-refractivity contribution in [3.63, 3.8) is 0 Å². The summed E-state index contributed by atoms with van der Waals surface area (Å²) in [7, 11) is -7.13. The molecule has 2 aliphatic heterocycles. The first-order valence-electron chi connectivity index (χ1n) is 18.2. The normalized spacial score (nSPS) is 19.3. The Hall–Kier alpha value is -3.36. The number of rotatable bonds is 9. The van der Waals surface area contributed by atoms with Gasteiger partial charge in [-0.15, -0.1) is 5.26 Å². The molecule has 16 heteroatoms. The molecule has 284 valence electrons. The summed E-state index contributed by atoms with van der Waals surface area (Å²) in [6.45, 7) is 0.908. The average molecular weight is 763 g/mol. The quantitative estimate of drug-likeness (QED) is 0.324. The van der Waals surface area contributed by atoms with Gasteiger partial charge < -0.3 is 10.1 Å². The van der Waals surface area contributed by atoms with E-state index in [1.165, 1.54) is 46.2 Å². The van der Waals surface area contributed by atoms with Crippen molar-refractivity contribution in [1.82, 2.24) is 14.5 Å². The van der Waals surface area contributed by atoms with Crippen molar-refractivity contribution in [1.29, 1.82) is 5.26 Å². The van der Waals surface area contributed by atoms with Crippen LogP contribution >= 0.6 is 0 Å². The van der Waals surface area contributed by atoms with Crippen molar-refractivity contribution < 1.29 is 35.1 Å². The number of nitrogens with two attached hydrogens (primary N) is 1. The molecule has 4 aliphatic carbocycles. The fourth-order valence-corrected chi connectivity index (χ4v) is 10.4. The SMILES string of the molecule is N#COc1c2c(cc3c1CCC3)CCC2.NS(=O)(=O)C1CN(CCF)C1.O=C(Nc1c2c(cc3c1CCC3)CCC2)NS(=O)(=O)C1CN(CCF)C1. The van der Waals surface area contributed by atoms with Crippen LogP contribution in [0.3, 0.4) is 0 Å². The van der Waals surface area contributed by atoms with Crippen molar-refractivity contribution in [2.24, 2.45) is 5.14 Å². The number of aryl methyl sites for hydroxylation is 4. The number of carbonyl (C=O) groups is 1. The number of halogens is 2. The molecule has 0 aromatic heterocycles. The standard InChI is InChI=1S/C18H24FN3O3S.C13H13NO.C5H11FN2O2S/c19-7-8-22-10-14(11-22)26(24,25)21-18(23)20-17-15-5-1-3-12(15)9-13-4-2-6-16(13)17;14-8-15-13-11-5-1-3-9(11)7-10-4-2-6-12(10)13;6-1-2-8-3-5(4-8)11(7,9)10/h9,14H,1-8,10-11H2,(H2,20,21,23);7H,1-6H2;5H,1-4H2,(H2,7,9,10). The van der Waals surface area contributed by atoms with E-state index in [2.05, 4.69) is 22.2 Å². The van der Waals surface area contributed by atoms with Gasteiger partial charge in [-0.05, 0) is 122 Å². The molecule has 52 heavy (non-hydrogen) atoms. The van der Waals surface area contributed by atoms with Gasteiger partial charge in [0.2, 0.25) is 20.0 Å². The number of nitriles is 1. The number of hydrogen-bond acceptors (Lipinski definition) is 9. The number of primary sulfonamides is 1. The minimum absolute atomic E-state index is 0.237. The van der Waals surface area contributed by atoms with Crippen LogP contribution in [0.5, 0.6) is 5.75 Å². The first kappa shape index (κ1) is 38.4. The summed E-state index contributed by atoms with van der Waals surface area (Å²) >= 11 is 0. The van der Waals surface area contributed by atoms with E-state index in [9.17, 15) is 30.4 Å². The number of carbonyl (C=O) groups excluding carboxylic acids is 1. The number of fused-ring (bicyclic) bond motifs is 4. The molecule has 2 fully saturated rings. The van der Waals surface area contributed by atoms with Crippen molar-refractivity contribution >= 4 is 31.8 Å². The summed E-state index contributed by atoms with van der Waals surface area (Å²) in [5.74, 6) is 0.903. The predicted molar refractivity (Wildman–Crippen MR) is 194 cm³/mol. The van der Waals surface area contributed by atoms with Crippen LogP contribution in [0.2, 0.25) is 0 Å². The van der Waals surface area contributed by atoms with Gasteiger partial charge >= 0.3 is 6.03 Å². The maximum absolute atomic E-state index is 12.4. The van der Waals surface area contributed by atoms with Gasteiger partial charge in [0.1, 0.15) is 29.6 Å². The number of urea groups is 1.